The molecule has 3 nitrogen and oxygen atoms in total. The molecule has 2 bridgehead atoms. The summed E-state index contributed by atoms with van der Waals surface area (Å²) in [6.45, 7) is 1.68. The van der Waals surface area contributed by atoms with E-state index in [1.165, 1.54) is 0 Å². The van der Waals surface area contributed by atoms with Crippen LogP contribution >= 0.6 is 0 Å². The Bertz CT molecular complexity index is 510. The zero-order chi connectivity index (χ0) is 13.0. The minimum absolute atomic E-state index is 0.406. The molecule has 1 atom stereocenters. The maximum Gasteiger partial charge on any atom is 0.310 e. The number of hydrogen-bond acceptors (Lipinski definition) is 2. The predicted octanol–water partition coefficient (Wildman–Crippen LogP) is 3.67. The summed E-state index contributed by atoms with van der Waals surface area (Å²) >= 11 is 0. The normalized spacial score (nSPS) is 12.3. The first-order chi connectivity index (χ1) is 8.66. The van der Waals surface area contributed by atoms with Gasteiger partial charge in [0.05, 0.1) is 5.92 Å². The Labute approximate surface area is 106 Å². The van der Waals surface area contributed by atoms with Crippen molar-refractivity contribution in [2.24, 2.45) is 0 Å². The molecule has 0 radical (unpaired) electrons. The summed E-state index contributed by atoms with van der Waals surface area (Å²) in [5.41, 5.74) is 0.847. The number of ether oxygens (including phenoxy) is 1. The topological polar surface area (TPSA) is 46.5 Å². The van der Waals surface area contributed by atoms with Gasteiger partial charge in [0.25, 0.3) is 0 Å². The fourth-order valence-electron chi connectivity index (χ4n) is 1.56. The highest BCUT2D eigenvalue weighted by Gasteiger charge is 2.11. The number of carbonyl (C=O) groups is 1. The summed E-state index contributed by atoms with van der Waals surface area (Å²) in [6.07, 6.45) is 0. The van der Waals surface area contributed by atoms with E-state index in [1.807, 2.05) is 54.6 Å². The lowest BCUT2D eigenvalue weighted by Gasteiger charge is -2.13. The molecule has 1 N–H and O–H groups in total. The average molecular weight is 242 g/mol. The maximum atomic E-state index is 10.5. The summed E-state index contributed by atoms with van der Waals surface area (Å²) in [5, 5.41) is 8.64. The van der Waals surface area contributed by atoms with Crippen LogP contribution in [0.25, 0.3) is 0 Å². The quantitative estimate of drug-likeness (QED) is 0.745. The average Bonchev–Trinajstić information content (AvgIpc) is 2.39. The molecule has 0 fully saturated rings. The lowest BCUT2D eigenvalue weighted by Crippen LogP contribution is -2.06. The van der Waals surface area contributed by atoms with Crippen LogP contribution in [0.15, 0.2) is 54.6 Å². The number of aliphatic carboxylic acids is 1. The van der Waals surface area contributed by atoms with Crippen molar-refractivity contribution < 1.29 is 14.6 Å². The van der Waals surface area contributed by atoms with Crippen molar-refractivity contribution in [1.82, 2.24) is 0 Å². The van der Waals surface area contributed by atoms with Gasteiger partial charge >= 0.3 is 5.97 Å². The summed E-state index contributed by atoms with van der Waals surface area (Å²) < 4.78 is 5.01. The van der Waals surface area contributed by atoms with Crippen LogP contribution in [0.3, 0.4) is 0 Å². The van der Waals surface area contributed by atoms with Crippen LogP contribution < -0.4 is 4.74 Å². The van der Waals surface area contributed by atoms with E-state index in [0.717, 1.165) is 17.1 Å². The van der Waals surface area contributed by atoms with Crippen molar-refractivity contribution in [1.29, 1.82) is 0 Å². The lowest BCUT2D eigenvalue weighted by molar-refractivity contribution is -0.138. The Morgan fingerprint density at radius 2 is 1.61 bits per heavy atom. The van der Waals surface area contributed by atoms with Gasteiger partial charge in [0, 0.05) is 6.07 Å². The van der Waals surface area contributed by atoms with Gasteiger partial charge in [0.1, 0.15) is 11.5 Å². The van der Waals surface area contributed by atoms with E-state index in [9.17, 15) is 4.79 Å². The van der Waals surface area contributed by atoms with E-state index >= 15 is 0 Å². The molecule has 2 heterocycles. The molecular formula is C15H14O3. The molecule has 0 saturated heterocycles. The van der Waals surface area contributed by atoms with E-state index < -0.39 is 11.9 Å². The number of fused-ring (bicyclic) bond motifs is 2. The fraction of sp³-hybridized carbons (Fsp3) is 0.133. The molecule has 2 aliphatic rings. The number of benzene rings is 2. The highest BCUT2D eigenvalue weighted by atomic mass is 16.5. The molecule has 18 heavy (non-hydrogen) atoms. The van der Waals surface area contributed by atoms with Crippen LogP contribution in [0.1, 0.15) is 18.4 Å². The third-order valence-corrected chi connectivity index (χ3v) is 2.71. The maximum absolute atomic E-state index is 10.5. The molecule has 0 spiro atoms. The molecular weight excluding hydrogens is 228 g/mol. The largest absolute Gasteiger partial charge is 0.481 e. The Morgan fingerprint density at radius 1 is 1.06 bits per heavy atom. The molecule has 92 valence electrons. The van der Waals surface area contributed by atoms with Crippen molar-refractivity contribution in [3.8, 4) is 11.5 Å². The first-order valence-electron chi connectivity index (χ1n) is 5.72. The molecule has 2 aliphatic heterocycles. The number of carboxylic acid groups (broad SMARTS) is 1. The Balaban J connectivity index is 0.000000146. The van der Waals surface area contributed by atoms with Gasteiger partial charge in [-0.3, -0.25) is 4.79 Å². The molecule has 3 heteroatoms. The second-order valence-corrected chi connectivity index (χ2v) is 4.05. The second-order valence-electron chi connectivity index (χ2n) is 4.05. The van der Waals surface area contributed by atoms with Gasteiger partial charge < -0.3 is 9.84 Å². The predicted molar refractivity (Wildman–Crippen MR) is 69.0 cm³/mol. The third kappa shape index (κ3) is 2.88. The van der Waals surface area contributed by atoms with Crippen molar-refractivity contribution in [2.75, 3.05) is 0 Å². The SMILES string of the molecule is CC(C(=O)O)c1ccccc1.c1cc2cc(c1)O2. The zero-order valence-corrected chi connectivity index (χ0v) is 10.0. The van der Waals surface area contributed by atoms with Crippen molar-refractivity contribution >= 4 is 5.97 Å². The van der Waals surface area contributed by atoms with Crippen LogP contribution in [-0.4, -0.2) is 11.1 Å². The Hall–Kier alpha value is -2.29. The van der Waals surface area contributed by atoms with Crippen LogP contribution in [0.2, 0.25) is 0 Å². The standard InChI is InChI=1S/C9H10O2.C6H4O/c1-7(9(10)11)8-5-3-2-4-6-8;1-2-5-4-6(3-1)7-5/h2-7H,1H3,(H,10,11);1-4H. The Morgan fingerprint density at radius 3 is 1.94 bits per heavy atom. The van der Waals surface area contributed by atoms with Gasteiger partial charge in [-0.15, -0.1) is 0 Å². The summed E-state index contributed by atoms with van der Waals surface area (Å²) in [4.78, 5) is 10.5. The van der Waals surface area contributed by atoms with Gasteiger partial charge in [-0.25, -0.2) is 0 Å². The fourth-order valence-corrected chi connectivity index (χ4v) is 1.56. The molecule has 4 rings (SSSR count). The van der Waals surface area contributed by atoms with E-state index in [0.29, 0.717) is 0 Å². The summed E-state index contributed by atoms with van der Waals surface area (Å²) in [6, 6.07) is 17.0. The zero-order valence-electron chi connectivity index (χ0n) is 10.0. The molecule has 0 amide bonds. The van der Waals surface area contributed by atoms with Gasteiger partial charge in [0.2, 0.25) is 0 Å². The highest BCUT2D eigenvalue weighted by molar-refractivity contribution is 5.75. The van der Waals surface area contributed by atoms with E-state index in [1.54, 1.807) is 6.92 Å². The lowest BCUT2D eigenvalue weighted by atomic mass is 10.0. The number of carboxylic acids is 1. The first kappa shape index (κ1) is 12.2. The molecule has 0 aromatic heterocycles. The van der Waals surface area contributed by atoms with Gasteiger partial charge in [-0.05, 0) is 24.6 Å². The van der Waals surface area contributed by atoms with E-state index in [-0.39, 0.29) is 0 Å². The minimum Gasteiger partial charge on any atom is -0.481 e. The van der Waals surface area contributed by atoms with E-state index in [4.69, 9.17) is 9.84 Å². The molecule has 1 unspecified atom stereocenters. The number of rotatable bonds is 2. The van der Waals surface area contributed by atoms with Gasteiger partial charge in [-0.1, -0.05) is 36.4 Å². The smallest absolute Gasteiger partial charge is 0.310 e. The first-order valence-corrected chi connectivity index (χ1v) is 5.72. The third-order valence-electron chi connectivity index (χ3n) is 2.71. The number of hydrogen-bond donors (Lipinski definition) is 1. The molecule has 2 aromatic rings. The Kier molecular flexibility index (Phi) is 3.63. The van der Waals surface area contributed by atoms with Crippen LogP contribution in [-0.2, 0) is 4.79 Å². The highest BCUT2D eigenvalue weighted by Crippen LogP contribution is 2.32. The summed E-state index contributed by atoms with van der Waals surface area (Å²) in [7, 11) is 0. The van der Waals surface area contributed by atoms with Crippen LogP contribution in [0.5, 0.6) is 11.5 Å². The van der Waals surface area contributed by atoms with E-state index in [2.05, 4.69) is 0 Å². The monoisotopic (exact) mass is 242 g/mol. The molecule has 2 aromatic carbocycles. The minimum atomic E-state index is -0.781. The van der Waals surface area contributed by atoms with Crippen LogP contribution in [0.4, 0.5) is 0 Å². The summed E-state index contributed by atoms with van der Waals surface area (Å²) in [5.74, 6) is 0.780. The van der Waals surface area contributed by atoms with Crippen molar-refractivity contribution in [3.05, 3.63) is 60.2 Å². The second kappa shape index (κ2) is 5.36. The van der Waals surface area contributed by atoms with Crippen molar-refractivity contribution in [2.45, 2.75) is 12.8 Å². The van der Waals surface area contributed by atoms with Gasteiger partial charge in [-0.2, -0.15) is 0 Å². The molecule has 0 aliphatic carbocycles. The molecule has 0 saturated carbocycles. The van der Waals surface area contributed by atoms with Crippen LogP contribution in [0, 0.1) is 0 Å². The van der Waals surface area contributed by atoms with Gasteiger partial charge in [0.15, 0.2) is 0 Å². The van der Waals surface area contributed by atoms with Crippen molar-refractivity contribution in [3.63, 3.8) is 0 Å².